The van der Waals surface area contributed by atoms with Crippen LogP contribution in [0.4, 0.5) is 0 Å². The molecule has 2 fully saturated rings. The molecule has 4 nitrogen and oxygen atoms in total. The maximum Gasteiger partial charge on any atom is 0.161 e. The number of thiophene rings is 1. The summed E-state index contributed by atoms with van der Waals surface area (Å²) in [6, 6.07) is 12.1. The number of aryl methyl sites for hydroxylation is 1. The fourth-order valence-corrected chi connectivity index (χ4v) is 5.35. The minimum atomic E-state index is -0.412. The molecule has 2 aliphatic rings. The zero-order valence-electron chi connectivity index (χ0n) is 15.4. The van der Waals surface area contributed by atoms with Crippen molar-refractivity contribution in [1.82, 2.24) is 4.90 Å². The van der Waals surface area contributed by atoms with Gasteiger partial charge in [-0.1, -0.05) is 12.1 Å². The van der Waals surface area contributed by atoms with Crippen LogP contribution in [0.15, 0.2) is 36.4 Å². The summed E-state index contributed by atoms with van der Waals surface area (Å²) in [5, 5.41) is 10.6. The molecule has 26 heavy (non-hydrogen) atoms. The van der Waals surface area contributed by atoms with Crippen LogP contribution in [0.3, 0.4) is 0 Å². The fourth-order valence-electron chi connectivity index (χ4n) is 4.41. The summed E-state index contributed by atoms with van der Waals surface area (Å²) in [4.78, 5) is 5.35. The lowest BCUT2D eigenvalue weighted by molar-refractivity contribution is -0.0240. The highest BCUT2D eigenvalue weighted by Crippen LogP contribution is 2.40. The highest BCUT2D eigenvalue weighted by atomic mass is 32.1. The van der Waals surface area contributed by atoms with E-state index in [0.29, 0.717) is 11.8 Å². The molecule has 0 spiro atoms. The Kier molecular flexibility index (Phi) is 5.20. The second kappa shape index (κ2) is 7.59. The predicted molar refractivity (Wildman–Crippen MR) is 104 cm³/mol. The second-order valence-corrected chi connectivity index (χ2v) is 8.94. The molecule has 1 aromatic carbocycles. The smallest absolute Gasteiger partial charge is 0.161 e. The summed E-state index contributed by atoms with van der Waals surface area (Å²) >= 11 is 1.89. The van der Waals surface area contributed by atoms with Gasteiger partial charge >= 0.3 is 0 Å². The molecule has 1 saturated heterocycles. The predicted octanol–water partition coefficient (Wildman–Crippen LogP) is 3.72. The Hall–Kier alpha value is -1.56. The van der Waals surface area contributed by atoms with E-state index in [9.17, 15) is 5.11 Å². The Morgan fingerprint density at radius 3 is 2.50 bits per heavy atom. The first-order valence-electron chi connectivity index (χ1n) is 9.38. The van der Waals surface area contributed by atoms with E-state index in [1.54, 1.807) is 7.11 Å². The topological polar surface area (TPSA) is 41.9 Å². The summed E-state index contributed by atoms with van der Waals surface area (Å²) in [6.45, 7) is 5.37. The number of aliphatic hydroxyl groups is 1. The van der Waals surface area contributed by atoms with Crippen LogP contribution >= 0.6 is 11.3 Å². The van der Waals surface area contributed by atoms with Gasteiger partial charge in [0.1, 0.15) is 6.10 Å². The SMILES string of the molecule is COc1ccccc1O[C@@H]1C[C@@H]2CN(Cc3ccc(C)s3)C[C@@H]2C[C@H]1O. The minimum absolute atomic E-state index is 0.156. The maximum absolute atomic E-state index is 10.6. The van der Waals surface area contributed by atoms with Gasteiger partial charge in [-0.25, -0.2) is 0 Å². The zero-order valence-corrected chi connectivity index (χ0v) is 16.2. The Bertz CT molecular complexity index is 746. The van der Waals surface area contributed by atoms with Crippen molar-refractivity contribution in [3.05, 3.63) is 46.2 Å². The molecule has 1 aliphatic carbocycles. The molecule has 0 bridgehead atoms. The van der Waals surface area contributed by atoms with E-state index in [1.165, 1.54) is 9.75 Å². The molecule has 1 N–H and O–H groups in total. The van der Waals surface area contributed by atoms with Gasteiger partial charge < -0.3 is 14.6 Å². The van der Waals surface area contributed by atoms with Crippen molar-refractivity contribution in [2.75, 3.05) is 20.2 Å². The van der Waals surface area contributed by atoms with Crippen LogP contribution in [0, 0.1) is 18.8 Å². The third-order valence-corrected chi connectivity index (χ3v) is 6.67. The molecule has 2 aromatic rings. The number of rotatable bonds is 5. The monoisotopic (exact) mass is 373 g/mol. The maximum atomic E-state index is 10.6. The van der Waals surface area contributed by atoms with Gasteiger partial charge in [0, 0.05) is 29.4 Å². The Labute approximate surface area is 159 Å². The van der Waals surface area contributed by atoms with Gasteiger partial charge in [0.25, 0.3) is 0 Å². The molecule has 0 unspecified atom stereocenters. The molecule has 4 atom stereocenters. The lowest BCUT2D eigenvalue weighted by atomic mass is 9.78. The number of hydrogen-bond donors (Lipinski definition) is 1. The Morgan fingerprint density at radius 2 is 1.81 bits per heavy atom. The van der Waals surface area contributed by atoms with Gasteiger partial charge in [-0.15, -0.1) is 11.3 Å². The van der Waals surface area contributed by atoms with Gasteiger partial charge in [0.2, 0.25) is 0 Å². The van der Waals surface area contributed by atoms with E-state index in [0.717, 1.165) is 44.0 Å². The second-order valence-electron chi connectivity index (χ2n) is 7.57. The Balaban J connectivity index is 1.39. The average Bonchev–Trinajstić information content (AvgIpc) is 3.21. The molecular formula is C21H27NO3S. The van der Waals surface area contributed by atoms with Crippen LogP contribution < -0.4 is 9.47 Å². The van der Waals surface area contributed by atoms with E-state index < -0.39 is 6.10 Å². The number of aliphatic hydroxyl groups excluding tert-OH is 1. The van der Waals surface area contributed by atoms with Crippen LogP contribution in [-0.2, 0) is 6.54 Å². The molecule has 1 aliphatic heterocycles. The number of para-hydroxylation sites is 2. The number of benzene rings is 1. The minimum Gasteiger partial charge on any atom is -0.493 e. The highest BCUT2D eigenvalue weighted by molar-refractivity contribution is 7.11. The molecule has 4 rings (SSSR count). The van der Waals surface area contributed by atoms with Crippen molar-refractivity contribution < 1.29 is 14.6 Å². The summed E-state index contributed by atoms with van der Waals surface area (Å²) in [6.07, 6.45) is 1.16. The van der Waals surface area contributed by atoms with Crippen molar-refractivity contribution >= 4 is 11.3 Å². The van der Waals surface area contributed by atoms with Gasteiger partial charge in [0.05, 0.1) is 13.2 Å². The lowest BCUT2D eigenvalue weighted by Gasteiger charge is -2.35. The summed E-state index contributed by atoms with van der Waals surface area (Å²) in [7, 11) is 1.65. The van der Waals surface area contributed by atoms with Gasteiger partial charge in [-0.2, -0.15) is 0 Å². The van der Waals surface area contributed by atoms with Gasteiger partial charge in [-0.05, 0) is 55.9 Å². The fraction of sp³-hybridized carbons (Fsp3) is 0.524. The first-order valence-corrected chi connectivity index (χ1v) is 10.2. The third kappa shape index (κ3) is 3.75. The quantitative estimate of drug-likeness (QED) is 0.867. The van der Waals surface area contributed by atoms with E-state index in [-0.39, 0.29) is 6.10 Å². The third-order valence-electron chi connectivity index (χ3n) is 5.68. The van der Waals surface area contributed by atoms with E-state index >= 15 is 0 Å². The first-order chi connectivity index (χ1) is 12.6. The van der Waals surface area contributed by atoms with Gasteiger partial charge in [0.15, 0.2) is 11.5 Å². The molecule has 140 valence electrons. The number of ether oxygens (including phenoxy) is 2. The van der Waals surface area contributed by atoms with Crippen molar-refractivity contribution in [2.45, 2.75) is 38.5 Å². The number of fused-ring (bicyclic) bond motifs is 1. The lowest BCUT2D eigenvalue weighted by Crippen LogP contribution is -2.42. The zero-order chi connectivity index (χ0) is 18.1. The largest absolute Gasteiger partial charge is 0.493 e. The highest BCUT2D eigenvalue weighted by Gasteiger charge is 2.42. The van der Waals surface area contributed by atoms with E-state index in [2.05, 4.69) is 24.0 Å². The standard InChI is InChI=1S/C21H27NO3S/c1-14-7-8-17(26-14)13-22-11-15-9-18(23)21(10-16(15)12-22)25-20-6-4-3-5-19(20)24-2/h3-8,15-16,18,21,23H,9-13H2,1-2H3/t15-,16+,18+,21+/m0/s1. The number of likely N-dealkylation sites (tertiary alicyclic amines) is 1. The Morgan fingerprint density at radius 1 is 1.08 bits per heavy atom. The molecule has 2 heterocycles. The van der Waals surface area contributed by atoms with Crippen LogP contribution in [0.25, 0.3) is 0 Å². The summed E-state index contributed by atoms with van der Waals surface area (Å²) in [5.41, 5.74) is 0. The van der Waals surface area contributed by atoms with Crippen molar-refractivity contribution in [1.29, 1.82) is 0 Å². The van der Waals surface area contributed by atoms with Crippen molar-refractivity contribution in [2.24, 2.45) is 11.8 Å². The first kappa shape index (κ1) is 17.8. The summed E-state index contributed by atoms with van der Waals surface area (Å²) in [5.74, 6) is 2.62. The molecule has 0 amide bonds. The average molecular weight is 374 g/mol. The van der Waals surface area contributed by atoms with Crippen molar-refractivity contribution in [3.8, 4) is 11.5 Å². The molecular weight excluding hydrogens is 346 g/mol. The summed E-state index contributed by atoms with van der Waals surface area (Å²) < 4.78 is 11.5. The van der Waals surface area contributed by atoms with Crippen LogP contribution in [0.1, 0.15) is 22.6 Å². The number of nitrogens with zero attached hydrogens (tertiary/aromatic N) is 1. The molecule has 1 aromatic heterocycles. The van der Waals surface area contributed by atoms with Gasteiger partial charge in [-0.3, -0.25) is 4.90 Å². The molecule has 0 radical (unpaired) electrons. The van der Waals surface area contributed by atoms with E-state index in [4.69, 9.17) is 9.47 Å². The van der Waals surface area contributed by atoms with Crippen molar-refractivity contribution in [3.63, 3.8) is 0 Å². The normalized spacial score (nSPS) is 28.7. The number of hydrogen-bond acceptors (Lipinski definition) is 5. The van der Waals surface area contributed by atoms with Crippen LogP contribution in [0.2, 0.25) is 0 Å². The van der Waals surface area contributed by atoms with Crippen LogP contribution in [-0.4, -0.2) is 42.4 Å². The van der Waals surface area contributed by atoms with Crippen LogP contribution in [0.5, 0.6) is 11.5 Å². The molecule has 1 saturated carbocycles. The number of methoxy groups -OCH3 is 1. The van der Waals surface area contributed by atoms with E-state index in [1.807, 2.05) is 35.6 Å². The molecule has 5 heteroatoms.